The van der Waals surface area contributed by atoms with Crippen LogP contribution in [0.4, 0.5) is 5.69 Å². The van der Waals surface area contributed by atoms with Crippen LogP contribution >= 0.6 is 0 Å². The molecule has 0 amide bonds. The minimum atomic E-state index is -3.05. The van der Waals surface area contributed by atoms with Crippen molar-refractivity contribution in [1.82, 2.24) is 14.8 Å². The van der Waals surface area contributed by atoms with Gasteiger partial charge in [0.2, 0.25) is 0 Å². The van der Waals surface area contributed by atoms with Gasteiger partial charge in [-0.05, 0) is 75.2 Å². The van der Waals surface area contributed by atoms with Crippen LogP contribution in [-0.4, -0.2) is 53.4 Å². The fourth-order valence-electron chi connectivity index (χ4n) is 4.83. The highest BCUT2D eigenvalue weighted by atomic mass is 32.2. The first-order valence-electron chi connectivity index (χ1n) is 13.4. The maximum absolute atomic E-state index is 13.8. The number of aryl methyl sites for hydroxylation is 2. The second kappa shape index (κ2) is 11.6. The molecule has 0 aliphatic rings. The van der Waals surface area contributed by atoms with E-state index in [1.807, 2.05) is 37.3 Å². The van der Waals surface area contributed by atoms with Crippen molar-refractivity contribution >= 4 is 15.4 Å². The van der Waals surface area contributed by atoms with E-state index in [1.54, 1.807) is 62.1 Å². The summed E-state index contributed by atoms with van der Waals surface area (Å²) >= 11 is 0. The summed E-state index contributed by atoms with van der Waals surface area (Å²) in [4.78, 5) is 4.75. The second-order valence-electron chi connectivity index (χ2n) is 11.2. The third-order valence-corrected chi connectivity index (χ3v) is 8.86. The first-order chi connectivity index (χ1) is 19.5. The van der Waals surface area contributed by atoms with Crippen molar-refractivity contribution in [3.63, 3.8) is 0 Å². The van der Waals surface area contributed by atoms with Gasteiger partial charge in [0, 0.05) is 60.9 Å². The summed E-state index contributed by atoms with van der Waals surface area (Å²) in [5.74, 6) is -1.37. The Labute approximate surface area is 247 Å². The fraction of sp³-hybridized carbons (Fsp3) is 0.355. The molecule has 2 aromatic heterocycles. The summed E-state index contributed by atoms with van der Waals surface area (Å²) in [6.45, 7) is 6.55. The Bertz CT molecular complexity index is 1700. The zero-order valence-corrected chi connectivity index (χ0v) is 25.8. The van der Waals surface area contributed by atoms with E-state index in [0.717, 1.165) is 16.8 Å². The number of hydrogen-bond donors (Lipinski definition) is 4. The number of nitrogens with zero attached hydrogens (tertiary/aromatic N) is 4. The van der Waals surface area contributed by atoms with Crippen molar-refractivity contribution in [3.8, 4) is 11.1 Å². The van der Waals surface area contributed by atoms with Crippen LogP contribution in [-0.2, 0) is 39.4 Å². The SMILES string of the molecule is COC(C)(O)Cc1cccc(S(C)(=O)=NC(C)(O)c2cncc(-c3cccc(NC(C)(O)c4cc(C)nn4C)c3)c2)c1. The average Bonchev–Trinajstić information content (AvgIpc) is 3.27. The highest BCUT2D eigenvalue weighted by molar-refractivity contribution is 7.93. The Kier molecular flexibility index (Phi) is 8.64. The number of methoxy groups -OCH3 is 1. The maximum atomic E-state index is 13.8. The van der Waals surface area contributed by atoms with Gasteiger partial charge < -0.3 is 25.4 Å². The molecule has 0 spiro atoms. The van der Waals surface area contributed by atoms with Crippen LogP contribution in [0.15, 0.2) is 82.3 Å². The molecule has 0 fully saturated rings. The van der Waals surface area contributed by atoms with Crippen molar-refractivity contribution in [2.45, 2.75) is 56.2 Å². The predicted octanol–water partition coefficient (Wildman–Crippen LogP) is 4.29. The molecular weight excluding hydrogens is 554 g/mol. The number of aliphatic hydroxyl groups is 3. The first-order valence-corrected chi connectivity index (χ1v) is 15.3. The average molecular weight is 594 g/mol. The lowest BCUT2D eigenvalue weighted by Crippen LogP contribution is -2.33. The standard InChI is InChI=1S/C31H39N5O5S/c1-21-14-28(36(5)34-21)31(4,39)33-26-12-9-11-23(17-26)24-16-25(20-32-19-24)30(3,38)35-42(7,40)27-13-8-10-22(15-27)18-29(2,37)41-6/h8-17,19-20,33,37-39H,18H2,1-7H3. The van der Waals surface area contributed by atoms with Crippen LogP contribution in [0.5, 0.6) is 0 Å². The summed E-state index contributed by atoms with van der Waals surface area (Å²) in [7, 11) is 0.142. The van der Waals surface area contributed by atoms with Crippen LogP contribution in [0.1, 0.15) is 43.3 Å². The summed E-state index contributed by atoms with van der Waals surface area (Å²) in [5.41, 5.74) is 1.46. The number of benzene rings is 2. The Hall–Kier alpha value is -3.61. The van der Waals surface area contributed by atoms with Gasteiger partial charge in [0.1, 0.15) is 0 Å². The minimum absolute atomic E-state index is 0.195. The number of nitrogens with one attached hydrogen (secondary N) is 1. The summed E-state index contributed by atoms with van der Waals surface area (Å²) in [5, 5.41) is 40.3. The van der Waals surface area contributed by atoms with Gasteiger partial charge in [-0.1, -0.05) is 24.3 Å². The largest absolute Gasteiger partial charge is 0.366 e. The topological polar surface area (TPSA) is 142 Å². The van der Waals surface area contributed by atoms with Gasteiger partial charge in [-0.3, -0.25) is 9.67 Å². The Balaban J connectivity index is 1.63. The van der Waals surface area contributed by atoms with Gasteiger partial charge in [-0.2, -0.15) is 9.46 Å². The molecule has 4 unspecified atom stereocenters. The van der Waals surface area contributed by atoms with Crippen LogP contribution < -0.4 is 5.32 Å². The molecule has 224 valence electrons. The molecule has 10 nitrogen and oxygen atoms in total. The summed E-state index contributed by atoms with van der Waals surface area (Å²) in [6, 6.07) is 17.9. The highest BCUT2D eigenvalue weighted by Crippen LogP contribution is 2.32. The molecule has 0 saturated carbocycles. The van der Waals surface area contributed by atoms with Crippen molar-refractivity contribution in [3.05, 3.63) is 95.6 Å². The lowest BCUT2D eigenvalue weighted by atomic mass is 10.0. The quantitative estimate of drug-likeness (QED) is 0.200. The lowest BCUT2D eigenvalue weighted by Gasteiger charge is -2.26. The molecule has 0 radical (unpaired) electrons. The van der Waals surface area contributed by atoms with Crippen molar-refractivity contribution < 1.29 is 24.3 Å². The molecular formula is C31H39N5O5S. The zero-order valence-electron chi connectivity index (χ0n) is 25.0. The molecule has 42 heavy (non-hydrogen) atoms. The third kappa shape index (κ3) is 7.23. The van der Waals surface area contributed by atoms with E-state index in [-0.39, 0.29) is 6.42 Å². The number of anilines is 1. The van der Waals surface area contributed by atoms with Crippen LogP contribution in [0.3, 0.4) is 0 Å². The molecule has 4 aromatic rings. The van der Waals surface area contributed by atoms with Crippen molar-refractivity contribution in [1.29, 1.82) is 0 Å². The van der Waals surface area contributed by atoms with E-state index in [4.69, 9.17) is 4.74 Å². The van der Waals surface area contributed by atoms with Gasteiger partial charge in [0.15, 0.2) is 17.2 Å². The zero-order chi connectivity index (χ0) is 30.9. The smallest absolute Gasteiger partial charge is 0.190 e. The highest BCUT2D eigenvalue weighted by Gasteiger charge is 2.28. The molecule has 2 aromatic carbocycles. The predicted molar refractivity (Wildman–Crippen MR) is 163 cm³/mol. The number of pyridine rings is 1. The molecule has 0 saturated heterocycles. The second-order valence-corrected chi connectivity index (χ2v) is 13.4. The van der Waals surface area contributed by atoms with E-state index >= 15 is 0 Å². The maximum Gasteiger partial charge on any atom is 0.190 e. The van der Waals surface area contributed by atoms with E-state index in [9.17, 15) is 19.5 Å². The molecule has 4 N–H and O–H groups in total. The first kappa shape index (κ1) is 31.3. The lowest BCUT2D eigenvalue weighted by molar-refractivity contribution is -0.169. The summed E-state index contributed by atoms with van der Waals surface area (Å²) < 4.78 is 24.9. The fourth-order valence-corrected chi connectivity index (χ4v) is 6.42. The number of hydrogen-bond acceptors (Lipinski definition) is 9. The third-order valence-electron chi connectivity index (χ3n) is 7.03. The molecule has 0 aliphatic carbocycles. The number of rotatable bonds is 10. The van der Waals surface area contributed by atoms with E-state index < -0.39 is 27.0 Å². The normalized spacial score (nSPS) is 17.4. The van der Waals surface area contributed by atoms with Gasteiger partial charge in [-0.25, -0.2) is 4.21 Å². The molecule has 0 aliphatic heterocycles. The van der Waals surface area contributed by atoms with Gasteiger partial charge in [0.05, 0.1) is 21.1 Å². The molecule has 2 heterocycles. The Morgan fingerprint density at radius 3 is 2.38 bits per heavy atom. The molecule has 4 rings (SSSR count). The monoisotopic (exact) mass is 593 g/mol. The van der Waals surface area contributed by atoms with Crippen LogP contribution in [0.25, 0.3) is 11.1 Å². The Morgan fingerprint density at radius 2 is 1.71 bits per heavy atom. The number of aromatic nitrogens is 3. The van der Waals surface area contributed by atoms with Gasteiger partial charge in [0.25, 0.3) is 0 Å². The van der Waals surface area contributed by atoms with Crippen molar-refractivity contribution in [2.75, 3.05) is 18.7 Å². The van der Waals surface area contributed by atoms with Crippen molar-refractivity contribution in [2.24, 2.45) is 11.4 Å². The minimum Gasteiger partial charge on any atom is -0.366 e. The molecule has 0 bridgehead atoms. The van der Waals surface area contributed by atoms with Gasteiger partial charge >= 0.3 is 0 Å². The van der Waals surface area contributed by atoms with Crippen LogP contribution in [0.2, 0.25) is 0 Å². The summed E-state index contributed by atoms with van der Waals surface area (Å²) in [6.07, 6.45) is 4.82. The van der Waals surface area contributed by atoms with E-state index in [2.05, 4.69) is 19.8 Å². The van der Waals surface area contributed by atoms with Gasteiger partial charge in [-0.15, -0.1) is 0 Å². The molecule has 11 heteroatoms. The Morgan fingerprint density at radius 1 is 1.00 bits per heavy atom. The number of ether oxygens (including phenoxy) is 1. The molecule has 4 atom stereocenters. The van der Waals surface area contributed by atoms with Crippen LogP contribution in [0, 0.1) is 6.92 Å². The van der Waals surface area contributed by atoms with E-state index in [1.165, 1.54) is 26.5 Å². The van der Waals surface area contributed by atoms with E-state index in [0.29, 0.717) is 27.4 Å².